The second-order valence-corrected chi connectivity index (χ2v) is 6.04. The van der Waals surface area contributed by atoms with Gasteiger partial charge in [-0.2, -0.15) is 0 Å². The highest BCUT2D eigenvalue weighted by molar-refractivity contribution is 6.02. The van der Waals surface area contributed by atoms with Crippen LogP contribution in [0.3, 0.4) is 0 Å². The third-order valence-corrected chi connectivity index (χ3v) is 4.07. The van der Waals surface area contributed by atoms with E-state index in [1.165, 1.54) is 6.26 Å². The number of β-amino-alcohol motifs (C(OH)–C–C–N with tert-alkyl or cyclic N) is 1. The van der Waals surface area contributed by atoms with Crippen molar-refractivity contribution in [2.24, 2.45) is 5.92 Å². The van der Waals surface area contributed by atoms with Gasteiger partial charge in [-0.05, 0) is 24.3 Å². The number of carbonyl (C=O) groups excluding carboxylic acids is 2. The van der Waals surface area contributed by atoms with Crippen molar-refractivity contribution >= 4 is 29.9 Å². The van der Waals surface area contributed by atoms with E-state index in [1.807, 2.05) is 0 Å². The first-order chi connectivity index (χ1) is 12.6. The van der Waals surface area contributed by atoms with Crippen LogP contribution in [-0.4, -0.2) is 49.3 Å². The largest absolute Gasteiger partial charge is 0.484 e. The fraction of sp³-hybridized carbons (Fsp3) is 0.333. The van der Waals surface area contributed by atoms with Crippen LogP contribution in [0, 0.1) is 5.92 Å². The molecule has 0 radical (unpaired) electrons. The van der Waals surface area contributed by atoms with Gasteiger partial charge in [-0.15, -0.1) is 12.4 Å². The van der Waals surface area contributed by atoms with Gasteiger partial charge in [-0.25, -0.2) is 0 Å². The van der Waals surface area contributed by atoms with Crippen molar-refractivity contribution < 1.29 is 23.8 Å². The number of nitrogens with one attached hydrogen (secondary N) is 3. The first-order valence-electron chi connectivity index (χ1n) is 8.35. The number of amides is 2. The van der Waals surface area contributed by atoms with Crippen LogP contribution in [0.5, 0.6) is 5.75 Å². The second kappa shape index (κ2) is 9.96. The number of furan rings is 1. The minimum Gasteiger partial charge on any atom is -0.484 e. The number of aliphatic hydroxyl groups is 1. The molecule has 1 aliphatic heterocycles. The molecule has 1 fully saturated rings. The molecule has 2 heterocycles. The van der Waals surface area contributed by atoms with E-state index in [0.29, 0.717) is 31.1 Å². The van der Waals surface area contributed by atoms with Gasteiger partial charge in [0.2, 0.25) is 0 Å². The van der Waals surface area contributed by atoms with E-state index < -0.39 is 6.10 Å². The minimum atomic E-state index is -0.439. The normalized spacial score (nSPS) is 18.4. The summed E-state index contributed by atoms with van der Waals surface area (Å²) >= 11 is 0. The van der Waals surface area contributed by atoms with Gasteiger partial charge in [0.1, 0.15) is 5.75 Å². The number of rotatable bonds is 7. The molecule has 8 nitrogen and oxygen atoms in total. The third kappa shape index (κ3) is 5.99. The SMILES string of the molecule is Cl.O=C(COc1cccc(NC(=O)c2ccco2)c1)NCC1CNCC1O. The van der Waals surface area contributed by atoms with Gasteiger partial charge >= 0.3 is 0 Å². The lowest BCUT2D eigenvalue weighted by atomic mass is 10.1. The summed E-state index contributed by atoms with van der Waals surface area (Å²) in [6.45, 7) is 1.48. The molecule has 1 aliphatic rings. The number of aliphatic hydroxyl groups excluding tert-OH is 1. The highest BCUT2D eigenvalue weighted by Gasteiger charge is 2.24. The maximum absolute atomic E-state index is 12.0. The standard InChI is InChI=1S/C18H21N3O5.ClH/c22-15-10-19-8-12(15)9-20-17(23)11-26-14-4-1-3-13(7-14)21-18(24)16-5-2-6-25-16;/h1-7,12,15,19,22H,8-11H2,(H,20,23)(H,21,24);1H. The zero-order valence-electron chi connectivity index (χ0n) is 14.5. The van der Waals surface area contributed by atoms with E-state index >= 15 is 0 Å². The monoisotopic (exact) mass is 395 g/mol. The smallest absolute Gasteiger partial charge is 0.291 e. The third-order valence-electron chi connectivity index (χ3n) is 4.07. The molecule has 146 valence electrons. The molecule has 1 aromatic heterocycles. The fourth-order valence-corrected chi connectivity index (χ4v) is 2.64. The fourth-order valence-electron chi connectivity index (χ4n) is 2.64. The lowest BCUT2D eigenvalue weighted by Crippen LogP contribution is -2.36. The Balaban J connectivity index is 0.00000261. The van der Waals surface area contributed by atoms with Crippen molar-refractivity contribution in [3.63, 3.8) is 0 Å². The number of anilines is 1. The molecular weight excluding hydrogens is 374 g/mol. The van der Waals surface area contributed by atoms with Gasteiger partial charge in [0.15, 0.2) is 12.4 Å². The molecular formula is C18H22ClN3O5. The van der Waals surface area contributed by atoms with E-state index in [1.54, 1.807) is 36.4 Å². The van der Waals surface area contributed by atoms with Crippen molar-refractivity contribution in [3.05, 3.63) is 48.4 Å². The van der Waals surface area contributed by atoms with E-state index in [9.17, 15) is 14.7 Å². The molecule has 0 saturated carbocycles. The molecule has 0 bridgehead atoms. The summed E-state index contributed by atoms with van der Waals surface area (Å²) in [5.74, 6) is 0.0427. The Labute approximate surface area is 162 Å². The summed E-state index contributed by atoms with van der Waals surface area (Å²) in [7, 11) is 0. The number of carbonyl (C=O) groups is 2. The van der Waals surface area contributed by atoms with E-state index in [2.05, 4.69) is 16.0 Å². The summed E-state index contributed by atoms with van der Waals surface area (Å²) < 4.78 is 10.5. The van der Waals surface area contributed by atoms with Crippen LogP contribution in [-0.2, 0) is 4.79 Å². The van der Waals surface area contributed by atoms with Crippen molar-refractivity contribution in [1.29, 1.82) is 0 Å². The van der Waals surface area contributed by atoms with Crippen molar-refractivity contribution in [2.75, 3.05) is 31.6 Å². The van der Waals surface area contributed by atoms with Gasteiger partial charge in [0.25, 0.3) is 11.8 Å². The molecule has 0 aliphatic carbocycles. The molecule has 2 amide bonds. The number of halogens is 1. The van der Waals surface area contributed by atoms with E-state index in [4.69, 9.17) is 9.15 Å². The molecule has 2 atom stereocenters. The highest BCUT2D eigenvalue weighted by atomic mass is 35.5. The molecule has 1 saturated heterocycles. The van der Waals surface area contributed by atoms with Gasteiger partial charge < -0.3 is 30.2 Å². The van der Waals surface area contributed by atoms with E-state index in [0.717, 1.165) is 0 Å². The Morgan fingerprint density at radius 1 is 1.26 bits per heavy atom. The van der Waals surface area contributed by atoms with E-state index in [-0.39, 0.29) is 42.5 Å². The van der Waals surface area contributed by atoms with Crippen LogP contribution in [0.2, 0.25) is 0 Å². The van der Waals surface area contributed by atoms with Gasteiger partial charge in [-0.3, -0.25) is 9.59 Å². The average Bonchev–Trinajstić information content (AvgIpc) is 3.30. The first-order valence-corrected chi connectivity index (χ1v) is 8.35. The van der Waals surface area contributed by atoms with Crippen LogP contribution >= 0.6 is 12.4 Å². The maximum atomic E-state index is 12.0. The molecule has 4 N–H and O–H groups in total. The lowest BCUT2D eigenvalue weighted by molar-refractivity contribution is -0.123. The van der Waals surface area contributed by atoms with Crippen LogP contribution in [0.1, 0.15) is 10.6 Å². The molecule has 2 unspecified atom stereocenters. The Bertz CT molecular complexity index is 753. The molecule has 3 rings (SSSR count). The molecule has 1 aromatic carbocycles. The number of benzene rings is 1. The summed E-state index contributed by atoms with van der Waals surface area (Å²) in [5, 5.41) is 18.2. The van der Waals surface area contributed by atoms with Gasteiger partial charge in [0, 0.05) is 37.3 Å². The highest BCUT2D eigenvalue weighted by Crippen LogP contribution is 2.18. The Morgan fingerprint density at radius 2 is 2.11 bits per heavy atom. The van der Waals surface area contributed by atoms with Crippen molar-refractivity contribution in [2.45, 2.75) is 6.10 Å². The predicted molar refractivity (Wildman–Crippen MR) is 101 cm³/mol. The summed E-state index contributed by atoms with van der Waals surface area (Å²) in [6.07, 6.45) is 0.985. The van der Waals surface area contributed by atoms with Gasteiger partial charge in [0.05, 0.1) is 12.4 Å². The number of hydrogen-bond donors (Lipinski definition) is 4. The van der Waals surface area contributed by atoms with Crippen molar-refractivity contribution in [3.8, 4) is 5.75 Å². The number of hydrogen-bond acceptors (Lipinski definition) is 6. The Hall–Kier alpha value is -2.55. The quantitative estimate of drug-likeness (QED) is 0.557. The molecule has 27 heavy (non-hydrogen) atoms. The second-order valence-electron chi connectivity index (χ2n) is 6.04. The topological polar surface area (TPSA) is 113 Å². The molecule has 9 heteroatoms. The maximum Gasteiger partial charge on any atom is 0.291 e. The molecule has 0 spiro atoms. The average molecular weight is 396 g/mol. The minimum absolute atomic E-state index is 0. The predicted octanol–water partition coefficient (Wildman–Crippen LogP) is 1.03. The zero-order valence-corrected chi connectivity index (χ0v) is 15.3. The van der Waals surface area contributed by atoms with Crippen molar-refractivity contribution in [1.82, 2.24) is 10.6 Å². The summed E-state index contributed by atoms with van der Waals surface area (Å²) in [6, 6.07) is 9.94. The van der Waals surface area contributed by atoms with Crippen LogP contribution < -0.4 is 20.7 Å². The van der Waals surface area contributed by atoms with Crippen LogP contribution in [0.25, 0.3) is 0 Å². The number of ether oxygens (including phenoxy) is 1. The molecule has 2 aromatic rings. The van der Waals surface area contributed by atoms with Crippen LogP contribution in [0.4, 0.5) is 5.69 Å². The summed E-state index contributed by atoms with van der Waals surface area (Å²) in [4.78, 5) is 23.8. The summed E-state index contributed by atoms with van der Waals surface area (Å²) in [5.41, 5.74) is 0.532. The Kier molecular flexibility index (Phi) is 7.66. The first kappa shape index (κ1) is 20.8. The Morgan fingerprint density at radius 3 is 2.81 bits per heavy atom. The lowest BCUT2D eigenvalue weighted by Gasteiger charge is -2.14. The van der Waals surface area contributed by atoms with Gasteiger partial charge in [-0.1, -0.05) is 6.07 Å². The van der Waals surface area contributed by atoms with Crippen LogP contribution in [0.15, 0.2) is 47.1 Å². The zero-order chi connectivity index (χ0) is 18.4.